The maximum atomic E-state index is 13.3. The normalized spacial score (nSPS) is 14.3. The first-order valence-electron chi connectivity index (χ1n) is 19.3. The van der Waals surface area contributed by atoms with Crippen LogP contribution in [0.25, 0.3) is 11.5 Å². The summed E-state index contributed by atoms with van der Waals surface area (Å²) in [4.78, 5) is 51.4. The Morgan fingerprint density at radius 2 is 0.787 bits per heavy atom. The minimum Gasteiger partial charge on any atom is -0.872 e. The van der Waals surface area contributed by atoms with E-state index in [0.717, 1.165) is 22.3 Å². The molecule has 8 rings (SSSR count). The molecule has 4 N–H and O–H groups in total. The number of hydrogen-bond donors (Lipinski definition) is 4. The van der Waals surface area contributed by atoms with Gasteiger partial charge in [0.15, 0.2) is 0 Å². The molecule has 0 fully saturated rings. The van der Waals surface area contributed by atoms with Gasteiger partial charge in [-0.2, -0.15) is 0 Å². The minimum absolute atomic E-state index is 0. The van der Waals surface area contributed by atoms with E-state index in [0.29, 0.717) is 24.2 Å². The first-order valence-corrected chi connectivity index (χ1v) is 19.3. The second-order valence-corrected chi connectivity index (χ2v) is 14.6. The number of aryl methyl sites for hydroxylation is 2. The molecule has 2 unspecified atom stereocenters. The van der Waals surface area contributed by atoms with Gasteiger partial charge >= 0.3 is 17.1 Å². The SMILES string of the molecule is Cc1ccc(O)c(C(NCc2ccccc2)C2=C([O-])c3ccccc3C(=O)C2=O)c1.Cc1ccc(O)c(C(NCc2ccccc2)C2=C([O-])c3ccccc3C(=O)C2=O)c1.[Cu+2]. The Kier molecular flexibility index (Phi) is 13.6. The number of phenolic OH excluding ortho intramolecular Hbond substituents is 2. The summed E-state index contributed by atoms with van der Waals surface area (Å²) in [7, 11) is 0. The zero-order valence-corrected chi connectivity index (χ0v) is 34.0. The number of carbonyl (C=O) groups excluding carboxylic acids is 4. The monoisotopic (exact) mass is 859 g/mol. The van der Waals surface area contributed by atoms with Crippen LogP contribution in [0.5, 0.6) is 11.5 Å². The van der Waals surface area contributed by atoms with E-state index in [-0.39, 0.29) is 62.0 Å². The first kappa shape index (κ1) is 43.7. The Balaban J connectivity index is 0.000000201. The van der Waals surface area contributed by atoms with Gasteiger partial charge in [-0.3, -0.25) is 19.2 Å². The third-order valence-electron chi connectivity index (χ3n) is 10.5. The van der Waals surface area contributed by atoms with Crippen LogP contribution >= 0.6 is 0 Å². The van der Waals surface area contributed by atoms with Crippen molar-refractivity contribution in [2.24, 2.45) is 0 Å². The van der Waals surface area contributed by atoms with Gasteiger partial charge in [-0.05, 0) is 48.2 Å². The maximum Gasteiger partial charge on any atom is 2.00 e. The van der Waals surface area contributed by atoms with Gasteiger partial charge < -0.3 is 31.1 Å². The molecule has 10 nitrogen and oxygen atoms in total. The van der Waals surface area contributed by atoms with Crippen molar-refractivity contribution < 1.29 is 56.7 Å². The fourth-order valence-corrected chi connectivity index (χ4v) is 7.45. The van der Waals surface area contributed by atoms with Crippen molar-refractivity contribution in [3.05, 3.63) is 212 Å². The Morgan fingerprint density at radius 3 is 1.15 bits per heavy atom. The average Bonchev–Trinajstić information content (AvgIpc) is 3.27. The second kappa shape index (κ2) is 19.0. The van der Waals surface area contributed by atoms with Gasteiger partial charge in [-0.25, -0.2) is 0 Å². The summed E-state index contributed by atoms with van der Waals surface area (Å²) < 4.78 is 0. The number of ketones is 4. The van der Waals surface area contributed by atoms with E-state index in [9.17, 15) is 39.6 Å². The summed E-state index contributed by atoms with van der Waals surface area (Å²) in [6.45, 7) is 4.40. The van der Waals surface area contributed by atoms with Crippen LogP contribution in [-0.4, -0.2) is 33.3 Å². The molecule has 0 saturated carbocycles. The first-order chi connectivity index (χ1) is 28.9. The average molecular weight is 860 g/mol. The zero-order chi connectivity index (χ0) is 42.5. The van der Waals surface area contributed by atoms with Crippen LogP contribution < -0.4 is 20.8 Å². The summed E-state index contributed by atoms with van der Waals surface area (Å²) in [6.07, 6.45) is 0. The second-order valence-electron chi connectivity index (χ2n) is 14.6. The Bertz CT molecular complexity index is 2520. The van der Waals surface area contributed by atoms with Gasteiger partial charge in [0.2, 0.25) is 23.1 Å². The van der Waals surface area contributed by atoms with E-state index in [4.69, 9.17) is 0 Å². The molecule has 0 aromatic heterocycles. The van der Waals surface area contributed by atoms with E-state index < -0.39 is 46.7 Å². The van der Waals surface area contributed by atoms with Crippen LogP contribution in [0.15, 0.2) is 157 Å². The molecule has 0 spiro atoms. The van der Waals surface area contributed by atoms with Crippen molar-refractivity contribution in [2.75, 3.05) is 0 Å². The molecule has 2 atom stereocenters. The van der Waals surface area contributed by atoms with Crippen LogP contribution in [-0.2, 0) is 39.7 Å². The number of rotatable bonds is 10. The molecule has 2 aliphatic rings. The number of carbonyl (C=O) groups is 4. The van der Waals surface area contributed by atoms with Crippen LogP contribution in [0.2, 0.25) is 0 Å². The smallest absolute Gasteiger partial charge is 0.872 e. The number of benzene rings is 6. The Labute approximate surface area is 363 Å². The van der Waals surface area contributed by atoms with Crippen molar-refractivity contribution in [1.29, 1.82) is 0 Å². The number of aromatic hydroxyl groups is 2. The van der Waals surface area contributed by atoms with Crippen LogP contribution in [0.3, 0.4) is 0 Å². The fraction of sp³-hybridized carbons (Fsp3) is 0.120. The standard InChI is InChI=1S/2C25H21NO4.Cu/c2*1-15-11-12-20(27)19(13-15)22(26-14-16-7-3-2-4-8-16)21-23(28)17-9-5-6-10-18(17)24(29)25(21)30;/h2*2-13,22,26-28H,14H2,1H3;/q;;+2/p-2. The maximum absolute atomic E-state index is 13.3. The quantitative estimate of drug-likeness (QED) is 0.0925. The molecule has 2 aliphatic carbocycles. The molecule has 1 radical (unpaired) electrons. The number of phenols is 2. The van der Waals surface area contributed by atoms with E-state index >= 15 is 0 Å². The number of hydrogen-bond acceptors (Lipinski definition) is 10. The summed E-state index contributed by atoms with van der Waals surface area (Å²) >= 11 is 0. The summed E-state index contributed by atoms with van der Waals surface area (Å²) in [6, 6.07) is 39.7. The van der Waals surface area contributed by atoms with Crippen LogP contribution in [0.1, 0.15) is 77.3 Å². The predicted molar refractivity (Wildman–Crippen MR) is 223 cm³/mol. The molecule has 61 heavy (non-hydrogen) atoms. The third-order valence-corrected chi connectivity index (χ3v) is 10.5. The van der Waals surface area contributed by atoms with E-state index in [1.807, 2.05) is 74.5 Å². The summed E-state index contributed by atoms with van der Waals surface area (Å²) in [5.41, 5.74) is 4.67. The van der Waals surface area contributed by atoms with Gasteiger partial charge in [-0.1, -0.05) is 156 Å². The number of nitrogens with one attached hydrogen (secondary N) is 2. The molecule has 0 bridgehead atoms. The molecule has 0 amide bonds. The third kappa shape index (κ3) is 9.16. The number of fused-ring (bicyclic) bond motifs is 2. The molecular formula is C50H40CuN2O8. The van der Waals surface area contributed by atoms with Crippen molar-refractivity contribution in [1.82, 2.24) is 10.6 Å². The van der Waals surface area contributed by atoms with Crippen LogP contribution in [0.4, 0.5) is 0 Å². The Hall–Kier alpha value is -6.88. The van der Waals surface area contributed by atoms with Gasteiger partial charge in [0.25, 0.3) is 0 Å². The molecule has 309 valence electrons. The van der Waals surface area contributed by atoms with Crippen molar-refractivity contribution >= 4 is 34.7 Å². The van der Waals surface area contributed by atoms with E-state index in [1.165, 1.54) is 24.3 Å². The van der Waals surface area contributed by atoms with Gasteiger partial charge in [0, 0.05) is 46.5 Å². The van der Waals surface area contributed by atoms with E-state index in [2.05, 4.69) is 10.6 Å². The topological polar surface area (TPSA) is 179 Å². The molecule has 0 aliphatic heterocycles. The van der Waals surface area contributed by atoms with Gasteiger partial charge in [-0.15, -0.1) is 0 Å². The summed E-state index contributed by atoms with van der Waals surface area (Å²) in [5.74, 6) is -4.20. The van der Waals surface area contributed by atoms with Crippen molar-refractivity contribution in [3.8, 4) is 11.5 Å². The fourth-order valence-electron chi connectivity index (χ4n) is 7.45. The minimum atomic E-state index is -0.928. The van der Waals surface area contributed by atoms with Crippen LogP contribution in [0, 0.1) is 13.8 Å². The van der Waals surface area contributed by atoms with E-state index in [1.54, 1.807) is 60.7 Å². The molecule has 6 aromatic rings. The molecule has 0 heterocycles. The molecular weight excluding hydrogens is 820 g/mol. The molecule has 6 aromatic carbocycles. The largest absolute Gasteiger partial charge is 2.00 e. The van der Waals surface area contributed by atoms with Gasteiger partial charge in [0.05, 0.1) is 12.1 Å². The zero-order valence-electron chi connectivity index (χ0n) is 33.1. The van der Waals surface area contributed by atoms with Crippen molar-refractivity contribution in [3.63, 3.8) is 0 Å². The predicted octanol–water partition coefficient (Wildman–Crippen LogP) is 6.13. The van der Waals surface area contributed by atoms with Gasteiger partial charge in [0.1, 0.15) is 11.5 Å². The van der Waals surface area contributed by atoms with Crippen molar-refractivity contribution in [2.45, 2.75) is 39.0 Å². The Morgan fingerprint density at radius 1 is 0.459 bits per heavy atom. The molecule has 11 heteroatoms. The molecule has 0 saturated heterocycles. The number of Topliss-reactive ketones (excluding diaryl/α,β-unsaturated/α-hetero) is 4. The summed E-state index contributed by atoms with van der Waals surface area (Å²) in [5, 5.41) is 54.0.